The van der Waals surface area contributed by atoms with Gasteiger partial charge in [0.1, 0.15) is 5.69 Å². The highest BCUT2D eigenvalue weighted by atomic mass is 35.5. The van der Waals surface area contributed by atoms with Crippen molar-refractivity contribution in [3.63, 3.8) is 0 Å². The first-order valence-electron chi connectivity index (χ1n) is 7.12. The molecule has 0 spiro atoms. The predicted octanol–water partition coefficient (Wildman–Crippen LogP) is 3.65. The number of carbonyl (C=O) groups excluding carboxylic acids is 1. The summed E-state index contributed by atoms with van der Waals surface area (Å²) in [6.07, 6.45) is 3.21. The fourth-order valence-corrected chi connectivity index (χ4v) is 2.41. The molecule has 0 aliphatic heterocycles. The maximum atomic E-state index is 12.5. The van der Waals surface area contributed by atoms with Crippen LogP contribution in [-0.2, 0) is 0 Å². The molecule has 3 aromatic rings. The van der Waals surface area contributed by atoms with E-state index in [4.69, 9.17) is 11.6 Å². The van der Waals surface area contributed by atoms with Crippen LogP contribution in [0, 0.1) is 0 Å². The van der Waals surface area contributed by atoms with Crippen molar-refractivity contribution in [2.24, 2.45) is 0 Å². The van der Waals surface area contributed by atoms with Gasteiger partial charge in [0.15, 0.2) is 0 Å². The van der Waals surface area contributed by atoms with E-state index in [1.165, 1.54) is 12.3 Å². The van der Waals surface area contributed by atoms with Crippen molar-refractivity contribution in [1.29, 1.82) is 0 Å². The van der Waals surface area contributed by atoms with Gasteiger partial charge in [0.25, 0.3) is 5.91 Å². The number of benzene rings is 1. The highest BCUT2D eigenvalue weighted by Gasteiger charge is 2.19. The first-order chi connectivity index (χ1) is 11.2. The van der Waals surface area contributed by atoms with Crippen LogP contribution in [0.25, 0.3) is 0 Å². The minimum Gasteiger partial charge on any atom is -0.338 e. The van der Waals surface area contributed by atoms with Crippen LogP contribution in [0.4, 0.5) is 0 Å². The van der Waals surface area contributed by atoms with E-state index in [0.29, 0.717) is 5.02 Å². The number of aromatic nitrogens is 2. The fraction of sp³-hybridized carbons (Fsp3) is 0.0556. The second kappa shape index (κ2) is 7.03. The lowest BCUT2D eigenvalue weighted by Gasteiger charge is -2.18. The van der Waals surface area contributed by atoms with Crippen LogP contribution in [0.15, 0.2) is 73.1 Å². The van der Waals surface area contributed by atoms with Crippen molar-refractivity contribution in [2.45, 2.75) is 6.04 Å². The summed E-state index contributed by atoms with van der Waals surface area (Å²) in [4.78, 5) is 20.9. The number of nitrogens with zero attached hydrogens (tertiary/aromatic N) is 2. The molecule has 0 saturated carbocycles. The van der Waals surface area contributed by atoms with Gasteiger partial charge < -0.3 is 5.32 Å². The van der Waals surface area contributed by atoms with Crippen molar-refractivity contribution < 1.29 is 4.79 Å². The predicted molar refractivity (Wildman–Crippen MR) is 89.2 cm³/mol. The lowest BCUT2D eigenvalue weighted by Crippen LogP contribution is -2.30. The lowest BCUT2D eigenvalue weighted by atomic mass is 10.0. The number of halogens is 1. The van der Waals surface area contributed by atoms with Gasteiger partial charge in [-0.15, -0.1) is 0 Å². The Morgan fingerprint density at radius 1 is 0.957 bits per heavy atom. The van der Waals surface area contributed by atoms with Gasteiger partial charge in [-0.1, -0.05) is 48.0 Å². The summed E-state index contributed by atoms with van der Waals surface area (Å²) < 4.78 is 0. The molecule has 2 aromatic heterocycles. The molecule has 1 N–H and O–H groups in total. The molecule has 4 nitrogen and oxygen atoms in total. The Bertz CT molecular complexity index is 754. The molecule has 0 aliphatic carbocycles. The first kappa shape index (κ1) is 15.2. The van der Waals surface area contributed by atoms with E-state index < -0.39 is 0 Å². The zero-order chi connectivity index (χ0) is 16.1. The summed E-state index contributed by atoms with van der Waals surface area (Å²) in [5.41, 5.74) is 1.98. The summed E-state index contributed by atoms with van der Waals surface area (Å²) in [7, 11) is 0. The van der Waals surface area contributed by atoms with Gasteiger partial charge in [-0.3, -0.25) is 14.8 Å². The average molecular weight is 324 g/mol. The SMILES string of the molecule is O=C(N[C@H](c1ccccc1)c1ccccn1)c1cc(Cl)ccn1. The van der Waals surface area contributed by atoms with Gasteiger partial charge >= 0.3 is 0 Å². The Labute approximate surface area is 139 Å². The van der Waals surface area contributed by atoms with E-state index in [0.717, 1.165) is 11.3 Å². The van der Waals surface area contributed by atoms with Gasteiger partial charge in [0.05, 0.1) is 11.7 Å². The van der Waals surface area contributed by atoms with Crippen LogP contribution in [-0.4, -0.2) is 15.9 Å². The Morgan fingerprint density at radius 3 is 2.43 bits per heavy atom. The zero-order valence-corrected chi connectivity index (χ0v) is 12.9. The maximum absolute atomic E-state index is 12.5. The lowest BCUT2D eigenvalue weighted by molar-refractivity contribution is 0.0937. The minimum atomic E-state index is -0.356. The van der Waals surface area contributed by atoms with Gasteiger partial charge in [-0.2, -0.15) is 0 Å². The number of rotatable bonds is 4. The zero-order valence-electron chi connectivity index (χ0n) is 12.2. The molecule has 0 aliphatic rings. The van der Waals surface area contributed by atoms with E-state index in [1.54, 1.807) is 12.3 Å². The smallest absolute Gasteiger partial charge is 0.270 e. The molecular weight excluding hydrogens is 310 g/mol. The van der Waals surface area contributed by atoms with Gasteiger partial charge in [0.2, 0.25) is 0 Å². The van der Waals surface area contributed by atoms with E-state index in [9.17, 15) is 4.79 Å². The molecule has 0 fully saturated rings. The highest BCUT2D eigenvalue weighted by molar-refractivity contribution is 6.30. The van der Waals surface area contributed by atoms with Crippen LogP contribution in [0.2, 0.25) is 5.02 Å². The van der Waals surface area contributed by atoms with Gasteiger partial charge in [-0.05, 0) is 29.8 Å². The Morgan fingerprint density at radius 2 is 1.74 bits per heavy atom. The number of nitrogens with one attached hydrogen (secondary N) is 1. The van der Waals surface area contributed by atoms with Crippen molar-refractivity contribution in [2.75, 3.05) is 0 Å². The Hall–Kier alpha value is -2.72. The molecule has 23 heavy (non-hydrogen) atoms. The second-order valence-corrected chi connectivity index (χ2v) is 5.37. The highest BCUT2D eigenvalue weighted by Crippen LogP contribution is 2.20. The van der Waals surface area contributed by atoms with Gasteiger partial charge in [-0.25, -0.2) is 0 Å². The molecule has 1 aromatic carbocycles. The molecule has 2 heterocycles. The third-order valence-electron chi connectivity index (χ3n) is 3.35. The molecule has 1 atom stereocenters. The van der Waals surface area contributed by atoms with E-state index in [-0.39, 0.29) is 17.6 Å². The maximum Gasteiger partial charge on any atom is 0.270 e. The van der Waals surface area contributed by atoms with Crippen molar-refractivity contribution in [1.82, 2.24) is 15.3 Å². The van der Waals surface area contributed by atoms with Crippen LogP contribution in [0.1, 0.15) is 27.8 Å². The quantitative estimate of drug-likeness (QED) is 0.797. The standard InChI is InChI=1S/C18H14ClN3O/c19-14-9-11-21-16(12-14)18(23)22-17(13-6-2-1-3-7-13)15-8-4-5-10-20-15/h1-12,17H,(H,22,23)/t17-/m1/s1. The minimum absolute atomic E-state index is 0.273. The fourth-order valence-electron chi connectivity index (χ4n) is 2.25. The van der Waals surface area contributed by atoms with E-state index in [2.05, 4.69) is 15.3 Å². The molecule has 1 amide bonds. The molecule has 5 heteroatoms. The second-order valence-electron chi connectivity index (χ2n) is 4.93. The molecule has 0 radical (unpaired) electrons. The summed E-state index contributed by atoms with van der Waals surface area (Å²) in [6, 6.07) is 18.1. The monoisotopic (exact) mass is 323 g/mol. The molecular formula is C18H14ClN3O. The van der Waals surface area contributed by atoms with Crippen LogP contribution in [0.3, 0.4) is 0 Å². The topological polar surface area (TPSA) is 54.9 Å². The average Bonchev–Trinajstić information content (AvgIpc) is 2.61. The third kappa shape index (κ3) is 3.73. The molecule has 0 saturated heterocycles. The molecule has 114 valence electrons. The number of hydrogen-bond acceptors (Lipinski definition) is 3. The largest absolute Gasteiger partial charge is 0.338 e. The normalized spacial score (nSPS) is 11.7. The summed E-state index contributed by atoms with van der Waals surface area (Å²) in [5, 5.41) is 3.44. The van der Waals surface area contributed by atoms with Crippen LogP contribution < -0.4 is 5.32 Å². The van der Waals surface area contributed by atoms with E-state index in [1.807, 2.05) is 48.5 Å². The number of hydrogen-bond donors (Lipinski definition) is 1. The number of amides is 1. The van der Waals surface area contributed by atoms with Crippen LogP contribution >= 0.6 is 11.6 Å². The van der Waals surface area contributed by atoms with Gasteiger partial charge in [0, 0.05) is 17.4 Å². The van der Waals surface area contributed by atoms with Crippen molar-refractivity contribution >= 4 is 17.5 Å². The molecule has 0 bridgehead atoms. The summed E-state index contributed by atoms with van der Waals surface area (Å²) in [6.45, 7) is 0. The first-order valence-corrected chi connectivity index (χ1v) is 7.50. The Kier molecular flexibility index (Phi) is 4.64. The molecule has 3 rings (SSSR count). The number of pyridine rings is 2. The van der Waals surface area contributed by atoms with Crippen LogP contribution in [0.5, 0.6) is 0 Å². The van der Waals surface area contributed by atoms with Crippen molar-refractivity contribution in [3.8, 4) is 0 Å². The third-order valence-corrected chi connectivity index (χ3v) is 3.58. The number of carbonyl (C=O) groups is 1. The summed E-state index contributed by atoms with van der Waals surface area (Å²) >= 11 is 5.93. The Balaban J connectivity index is 1.92. The summed E-state index contributed by atoms with van der Waals surface area (Å²) in [5.74, 6) is -0.299. The van der Waals surface area contributed by atoms with E-state index >= 15 is 0 Å². The molecule has 0 unspecified atom stereocenters. The van der Waals surface area contributed by atoms with Crippen molar-refractivity contribution in [3.05, 3.63) is 95.0 Å².